The normalized spacial score (nSPS) is 13.5. The van der Waals surface area contributed by atoms with Crippen molar-refractivity contribution in [2.75, 3.05) is 0 Å². The van der Waals surface area contributed by atoms with E-state index in [9.17, 15) is 8.42 Å². The first-order valence-corrected chi connectivity index (χ1v) is 4.71. The van der Waals surface area contributed by atoms with E-state index in [4.69, 9.17) is 11.1 Å². The van der Waals surface area contributed by atoms with Crippen LogP contribution in [0.4, 0.5) is 0 Å². The molecule has 0 amide bonds. The maximum absolute atomic E-state index is 10.3. The number of nitrogens with two attached hydrogens (primary N) is 1. The Morgan fingerprint density at radius 3 is 2.46 bits per heavy atom. The first kappa shape index (κ1) is 11.8. The van der Waals surface area contributed by atoms with Crippen LogP contribution in [0.2, 0.25) is 0 Å². The molecule has 0 spiro atoms. The second-order valence-electron chi connectivity index (χ2n) is 2.08. The molecule has 1 rings (SSSR count). The van der Waals surface area contributed by atoms with Crippen molar-refractivity contribution in [1.29, 1.82) is 5.41 Å². The summed E-state index contributed by atoms with van der Waals surface area (Å²) in [6.45, 7) is 0. The minimum absolute atomic E-state index is 0.340. The van der Waals surface area contributed by atoms with Gasteiger partial charge in [0.05, 0.1) is 10.0 Å². The highest BCUT2D eigenvalue weighted by Crippen LogP contribution is 2.02. The Bertz CT molecular complexity index is 390. The minimum atomic E-state index is -2.11. The molecular weight excluding hydrogens is 208 g/mol. The molecule has 0 saturated heterocycles. The molecule has 0 aromatic heterocycles. The van der Waals surface area contributed by atoms with Crippen LogP contribution in [0.3, 0.4) is 0 Å². The monoisotopic (exact) mass is 216 g/mol. The molecule has 4 nitrogen and oxygen atoms in total. The van der Waals surface area contributed by atoms with E-state index in [1.807, 2.05) is 0 Å². The Morgan fingerprint density at radius 1 is 1.62 bits per heavy atom. The fourth-order valence-corrected chi connectivity index (χ4v) is 1.19. The van der Waals surface area contributed by atoms with E-state index in [2.05, 4.69) is 12.2 Å². The van der Waals surface area contributed by atoms with Gasteiger partial charge in [-0.15, -0.1) is 0 Å². The average Bonchev–Trinajstić information content (AvgIpc) is 2.05. The molecule has 0 heterocycles. The molecule has 0 atom stereocenters. The zero-order chi connectivity index (χ0) is 10.3. The number of nitrogens with one attached hydrogen (secondary N) is 1. The summed E-state index contributed by atoms with van der Waals surface area (Å²) in [5.74, 6) is 0. The maximum Gasteiger partial charge on any atom is 0.217 e. The van der Waals surface area contributed by atoms with Crippen LogP contribution in [0.5, 0.6) is 0 Å². The lowest BCUT2D eigenvalue weighted by molar-refractivity contribution is 0.627. The number of isothiocyanates is 1. The molecule has 0 aromatic carbocycles. The molecule has 0 saturated carbocycles. The zero-order valence-corrected chi connectivity index (χ0v) is 8.28. The summed E-state index contributed by atoms with van der Waals surface area (Å²) in [6.07, 6.45) is 5.20. The van der Waals surface area contributed by atoms with Gasteiger partial charge >= 0.3 is 0 Å². The van der Waals surface area contributed by atoms with E-state index in [0.717, 1.165) is 0 Å². The molecular formula is C7H8N2O2S2. The fourth-order valence-electron chi connectivity index (χ4n) is 0.713. The van der Waals surface area contributed by atoms with E-state index in [0.29, 0.717) is 17.0 Å². The van der Waals surface area contributed by atoms with Crippen molar-refractivity contribution in [3.63, 3.8) is 0 Å². The summed E-state index contributed by atoms with van der Waals surface area (Å²) in [6, 6.07) is 0. The summed E-state index contributed by atoms with van der Waals surface area (Å²) in [5.41, 5.74) is 5.96. The molecule has 0 aromatic rings. The van der Waals surface area contributed by atoms with Crippen LogP contribution < -0.4 is 5.73 Å². The fraction of sp³-hybridized carbons (Fsp3) is 0.143. The minimum Gasteiger partial charge on any atom is -0.402 e. The topological polar surface area (TPSA) is 84.0 Å². The molecule has 0 radical (unpaired) electrons. The van der Waals surface area contributed by atoms with Crippen molar-refractivity contribution in [3.05, 3.63) is 23.9 Å². The molecule has 70 valence electrons. The SMILES string of the molecule is N=C=S.NC1=CC=CC(=S(=O)=O)C1. The average molecular weight is 216 g/mol. The first-order chi connectivity index (χ1) is 6.11. The summed E-state index contributed by atoms with van der Waals surface area (Å²) in [4.78, 5) is 0.347. The summed E-state index contributed by atoms with van der Waals surface area (Å²) < 4.78 is 20.7. The number of hydrogen-bond acceptors (Lipinski definition) is 5. The summed E-state index contributed by atoms with van der Waals surface area (Å²) >= 11 is 3.81. The molecule has 1 aliphatic rings. The molecule has 6 heteroatoms. The highest BCUT2D eigenvalue weighted by atomic mass is 32.2. The zero-order valence-electron chi connectivity index (χ0n) is 6.65. The molecule has 0 aliphatic heterocycles. The highest BCUT2D eigenvalue weighted by Gasteiger charge is 2.01. The van der Waals surface area contributed by atoms with Crippen molar-refractivity contribution in [2.45, 2.75) is 6.42 Å². The maximum atomic E-state index is 10.3. The van der Waals surface area contributed by atoms with E-state index < -0.39 is 10.3 Å². The van der Waals surface area contributed by atoms with Gasteiger partial charge in [0.2, 0.25) is 10.3 Å². The van der Waals surface area contributed by atoms with Crippen molar-refractivity contribution in [3.8, 4) is 0 Å². The standard InChI is InChI=1S/C6H7NO2S.CHNS/c7-5-2-1-3-6(4-5)10(8)9;2-1-3/h1-3H,4,7H2;2H. The van der Waals surface area contributed by atoms with Crippen LogP contribution in [0.15, 0.2) is 23.9 Å². The van der Waals surface area contributed by atoms with Gasteiger partial charge in [0.1, 0.15) is 0 Å². The third-order valence-corrected chi connectivity index (χ3v) is 1.89. The van der Waals surface area contributed by atoms with Crippen molar-refractivity contribution in [1.82, 2.24) is 0 Å². The molecule has 0 fully saturated rings. The van der Waals surface area contributed by atoms with Crippen LogP contribution in [0.25, 0.3) is 0 Å². The molecule has 13 heavy (non-hydrogen) atoms. The van der Waals surface area contributed by atoms with Crippen LogP contribution >= 0.6 is 12.2 Å². The third-order valence-electron chi connectivity index (χ3n) is 1.18. The third kappa shape index (κ3) is 5.08. The van der Waals surface area contributed by atoms with Gasteiger partial charge in [-0.3, -0.25) is 0 Å². The quantitative estimate of drug-likeness (QED) is 0.456. The van der Waals surface area contributed by atoms with Gasteiger partial charge in [0.25, 0.3) is 0 Å². The lowest BCUT2D eigenvalue weighted by Gasteiger charge is -2.00. The molecule has 0 bridgehead atoms. The van der Waals surface area contributed by atoms with Crippen molar-refractivity contribution < 1.29 is 8.42 Å². The van der Waals surface area contributed by atoms with Crippen LogP contribution in [0.1, 0.15) is 6.42 Å². The second kappa shape index (κ2) is 6.30. The largest absolute Gasteiger partial charge is 0.402 e. The predicted molar refractivity (Wildman–Crippen MR) is 55.3 cm³/mol. The Hall–Kier alpha value is -1.23. The van der Waals surface area contributed by atoms with Crippen molar-refractivity contribution in [2.24, 2.45) is 5.73 Å². The lowest BCUT2D eigenvalue weighted by atomic mass is 10.1. The Morgan fingerprint density at radius 2 is 2.15 bits per heavy atom. The highest BCUT2D eigenvalue weighted by molar-refractivity contribution is 7.78. The van der Waals surface area contributed by atoms with Crippen molar-refractivity contribution >= 4 is 32.5 Å². The summed E-state index contributed by atoms with van der Waals surface area (Å²) in [7, 11) is -2.11. The second-order valence-corrected chi connectivity index (χ2v) is 3.28. The Balaban J connectivity index is 0.000000424. The van der Waals surface area contributed by atoms with Gasteiger partial charge < -0.3 is 5.73 Å². The first-order valence-electron chi connectivity index (χ1n) is 3.23. The van der Waals surface area contributed by atoms with E-state index in [1.165, 1.54) is 0 Å². The van der Waals surface area contributed by atoms with Gasteiger partial charge in [-0.05, 0) is 24.4 Å². The van der Waals surface area contributed by atoms with Crippen LogP contribution in [0, 0.1) is 5.41 Å². The summed E-state index contributed by atoms with van der Waals surface area (Å²) in [5, 5.41) is 7.36. The Labute approximate surface area is 82.8 Å². The number of hydrogen-bond donors (Lipinski definition) is 2. The van der Waals surface area contributed by atoms with Gasteiger partial charge in [-0.25, -0.2) is 5.41 Å². The van der Waals surface area contributed by atoms with Crippen LogP contribution in [-0.2, 0) is 10.3 Å². The molecule has 0 unspecified atom stereocenters. The van der Waals surface area contributed by atoms with Gasteiger partial charge in [0, 0.05) is 12.1 Å². The van der Waals surface area contributed by atoms with E-state index in [1.54, 1.807) is 23.4 Å². The molecule has 3 N–H and O–H groups in total. The molecule has 1 aliphatic carbocycles. The van der Waals surface area contributed by atoms with E-state index in [-0.39, 0.29) is 0 Å². The predicted octanol–water partition coefficient (Wildman–Crippen LogP) is 0.508. The lowest BCUT2D eigenvalue weighted by Crippen LogP contribution is -2.07. The van der Waals surface area contributed by atoms with Gasteiger partial charge in [-0.2, -0.15) is 8.42 Å². The van der Waals surface area contributed by atoms with Gasteiger partial charge in [-0.1, -0.05) is 6.08 Å². The number of thiocarbonyl (C=S) groups is 1. The van der Waals surface area contributed by atoms with Gasteiger partial charge in [0.15, 0.2) is 0 Å². The number of allylic oxidation sites excluding steroid dienone is 4. The van der Waals surface area contributed by atoms with Crippen LogP contribution in [-0.4, -0.2) is 18.4 Å². The Kier molecular flexibility index (Phi) is 5.71. The van der Waals surface area contributed by atoms with E-state index >= 15 is 0 Å². The number of rotatable bonds is 0. The smallest absolute Gasteiger partial charge is 0.217 e.